The Bertz CT molecular complexity index is 1050. The van der Waals surface area contributed by atoms with E-state index in [0.29, 0.717) is 23.6 Å². The van der Waals surface area contributed by atoms with Crippen LogP contribution in [0.4, 0.5) is 0 Å². The van der Waals surface area contributed by atoms with E-state index in [4.69, 9.17) is 8.94 Å². The molecule has 0 aliphatic carbocycles. The van der Waals surface area contributed by atoms with Gasteiger partial charge in [-0.1, -0.05) is 45.4 Å². The molecule has 1 amide bonds. The highest BCUT2D eigenvalue weighted by molar-refractivity contribution is 9.10. The molecule has 26 heavy (non-hydrogen) atoms. The zero-order valence-electron chi connectivity index (χ0n) is 13.7. The quantitative estimate of drug-likeness (QED) is 0.517. The number of nitrogens with one attached hydrogen (secondary N) is 1. The lowest BCUT2D eigenvalue weighted by Gasteiger charge is -2.02. The van der Waals surface area contributed by atoms with Gasteiger partial charge in [0.1, 0.15) is 17.2 Å². The van der Waals surface area contributed by atoms with Crippen molar-refractivity contribution in [3.63, 3.8) is 0 Å². The number of furan rings is 1. The number of para-hydroxylation sites is 1. The van der Waals surface area contributed by atoms with Gasteiger partial charge in [0, 0.05) is 15.4 Å². The second kappa shape index (κ2) is 7.17. The number of aromatic nitrogens is 1. The van der Waals surface area contributed by atoms with Crippen LogP contribution in [0.3, 0.4) is 0 Å². The van der Waals surface area contributed by atoms with Crippen molar-refractivity contribution in [3.05, 3.63) is 76.6 Å². The minimum atomic E-state index is -0.134. The molecule has 0 bridgehead atoms. The molecule has 5 nitrogen and oxygen atoms in total. The molecule has 0 fully saturated rings. The van der Waals surface area contributed by atoms with Gasteiger partial charge >= 0.3 is 0 Å². The number of nitrogens with zero attached hydrogens (tertiary/aromatic N) is 1. The number of carbonyl (C=O) groups excluding carboxylic acids is 1. The van der Waals surface area contributed by atoms with E-state index >= 15 is 0 Å². The lowest BCUT2D eigenvalue weighted by atomic mass is 10.1. The number of hydrogen-bond donors (Lipinski definition) is 1. The molecule has 0 aliphatic rings. The Hall–Kier alpha value is -2.86. The van der Waals surface area contributed by atoms with Crippen LogP contribution in [0.25, 0.3) is 22.3 Å². The van der Waals surface area contributed by atoms with E-state index in [2.05, 4.69) is 26.4 Å². The summed E-state index contributed by atoms with van der Waals surface area (Å²) in [6, 6.07) is 19.1. The number of fused-ring (bicyclic) bond motifs is 1. The van der Waals surface area contributed by atoms with Crippen molar-refractivity contribution >= 4 is 32.8 Å². The molecule has 1 N–H and O–H groups in total. The van der Waals surface area contributed by atoms with Gasteiger partial charge in [-0.2, -0.15) is 0 Å². The molecule has 0 spiro atoms. The molecule has 0 unspecified atom stereocenters. The smallest absolute Gasteiger partial charge is 0.226 e. The third-order valence-corrected chi connectivity index (χ3v) is 4.56. The van der Waals surface area contributed by atoms with E-state index < -0.39 is 0 Å². The fourth-order valence-corrected chi connectivity index (χ4v) is 2.97. The monoisotopic (exact) mass is 410 g/mol. The number of rotatable bonds is 5. The van der Waals surface area contributed by atoms with Gasteiger partial charge in [0.05, 0.1) is 13.0 Å². The summed E-state index contributed by atoms with van der Waals surface area (Å²) in [6.45, 7) is 0.325. The van der Waals surface area contributed by atoms with Crippen LogP contribution in [0.5, 0.6) is 0 Å². The van der Waals surface area contributed by atoms with Crippen LogP contribution in [-0.4, -0.2) is 11.1 Å². The normalized spacial score (nSPS) is 11.0. The van der Waals surface area contributed by atoms with Gasteiger partial charge in [0.25, 0.3) is 0 Å². The minimum absolute atomic E-state index is 0.134. The van der Waals surface area contributed by atoms with Crippen LogP contribution in [-0.2, 0) is 17.8 Å². The average molecular weight is 411 g/mol. The first-order chi connectivity index (χ1) is 12.7. The Morgan fingerprint density at radius 1 is 1.04 bits per heavy atom. The molecule has 4 aromatic rings. The Kier molecular flexibility index (Phi) is 4.58. The summed E-state index contributed by atoms with van der Waals surface area (Å²) < 4.78 is 12.0. The third-order valence-electron chi connectivity index (χ3n) is 4.03. The van der Waals surface area contributed by atoms with Gasteiger partial charge in [0.15, 0.2) is 5.58 Å². The Morgan fingerprint density at radius 2 is 1.85 bits per heavy atom. The van der Waals surface area contributed by atoms with Gasteiger partial charge in [-0.15, -0.1) is 0 Å². The largest absolute Gasteiger partial charge is 0.459 e. The first kappa shape index (κ1) is 16.6. The number of carbonyl (C=O) groups is 1. The molecular weight excluding hydrogens is 396 g/mol. The molecule has 2 heterocycles. The Labute approximate surface area is 158 Å². The van der Waals surface area contributed by atoms with E-state index in [9.17, 15) is 4.79 Å². The lowest BCUT2D eigenvalue weighted by molar-refractivity contribution is -0.120. The Morgan fingerprint density at radius 3 is 2.69 bits per heavy atom. The first-order valence-electron chi connectivity index (χ1n) is 8.14. The van der Waals surface area contributed by atoms with E-state index in [0.717, 1.165) is 21.2 Å². The van der Waals surface area contributed by atoms with Gasteiger partial charge in [0.2, 0.25) is 5.91 Å². The maximum Gasteiger partial charge on any atom is 0.226 e. The fraction of sp³-hybridized carbons (Fsp3) is 0.100. The van der Waals surface area contributed by atoms with Gasteiger partial charge in [-0.05, 0) is 36.4 Å². The summed E-state index contributed by atoms with van der Waals surface area (Å²) >= 11 is 3.41. The molecular formula is C20H15BrN2O3. The minimum Gasteiger partial charge on any atom is -0.459 e. The number of amides is 1. The predicted molar refractivity (Wildman–Crippen MR) is 101 cm³/mol. The van der Waals surface area contributed by atoms with Crippen LogP contribution in [0.2, 0.25) is 0 Å². The topological polar surface area (TPSA) is 68.3 Å². The molecule has 2 aromatic heterocycles. The Balaban J connectivity index is 1.38. The van der Waals surface area contributed by atoms with Gasteiger partial charge in [-0.3, -0.25) is 4.79 Å². The number of benzene rings is 2. The maximum atomic E-state index is 12.2. The summed E-state index contributed by atoms with van der Waals surface area (Å²) in [7, 11) is 0. The highest BCUT2D eigenvalue weighted by Crippen LogP contribution is 2.24. The van der Waals surface area contributed by atoms with E-state index in [1.54, 1.807) is 0 Å². The van der Waals surface area contributed by atoms with E-state index in [1.165, 1.54) is 0 Å². The van der Waals surface area contributed by atoms with Gasteiger partial charge in [-0.25, -0.2) is 0 Å². The van der Waals surface area contributed by atoms with Gasteiger partial charge < -0.3 is 14.3 Å². The zero-order chi connectivity index (χ0) is 17.9. The summed E-state index contributed by atoms with van der Waals surface area (Å²) in [5.41, 5.74) is 2.30. The maximum absolute atomic E-state index is 12.2. The molecule has 2 aromatic carbocycles. The second-order valence-electron chi connectivity index (χ2n) is 5.85. The molecule has 0 atom stereocenters. The fourth-order valence-electron chi connectivity index (χ4n) is 2.71. The van der Waals surface area contributed by atoms with Crippen molar-refractivity contribution in [1.29, 1.82) is 0 Å². The SMILES string of the molecule is O=C(Cc1noc2ccccc12)NCc1ccc(-c2ccc(Br)cc2)o1. The van der Waals surface area contributed by atoms with E-state index in [-0.39, 0.29) is 12.3 Å². The standard InChI is InChI=1S/C20H15BrN2O3/c21-14-7-5-13(6-8-14)18-10-9-15(25-18)12-22-20(24)11-17-16-3-1-2-4-19(16)26-23-17/h1-10H,11-12H2,(H,22,24). The summed E-state index contributed by atoms with van der Waals surface area (Å²) in [5, 5.41) is 7.69. The van der Waals surface area contributed by atoms with Crippen molar-refractivity contribution in [3.8, 4) is 11.3 Å². The predicted octanol–water partition coefficient (Wildman–Crippen LogP) is 4.71. The van der Waals surface area contributed by atoms with Crippen LogP contribution < -0.4 is 5.32 Å². The first-order valence-corrected chi connectivity index (χ1v) is 8.93. The molecule has 0 saturated carbocycles. The molecule has 0 saturated heterocycles. The van der Waals surface area contributed by atoms with Crippen LogP contribution in [0.1, 0.15) is 11.5 Å². The highest BCUT2D eigenvalue weighted by atomic mass is 79.9. The lowest BCUT2D eigenvalue weighted by Crippen LogP contribution is -2.24. The molecule has 0 radical (unpaired) electrons. The van der Waals surface area contributed by atoms with Crippen molar-refractivity contribution in [1.82, 2.24) is 10.5 Å². The average Bonchev–Trinajstić information content (AvgIpc) is 3.28. The van der Waals surface area contributed by atoms with E-state index in [1.807, 2.05) is 60.7 Å². The molecule has 4 rings (SSSR count). The van der Waals surface area contributed by atoms with Crippen LogP contribution in [0.15, 0.2) is 74.1 Å². The number of hydrogen-bond acceptors (Lipinski definition) is 4. The molecule has 6 heteroatoms. The van der Waals surface area contributed by atoms with Crippen LogP contribution >= 0.6 is 15.9 Å². The third kappa shape index (κ3) is 3.55. The van der Waals surface area contributed by atoms with Crippen molar-refractivity contribution in [2.45, 2.75) is 13.0 Å². The molecule has 130 valence electrons. The van der Waals surface area contributed by atoms with Crippen molar-refractivity contribution in [2.75, 3.05) is 0 Å². The zero-order valence-corrected chi connectivity index (χ0v) is 15.3. The second-order valence-corrected chi connectivity index (χ2v) is 6.77. The number of halogens is 1. The molecule has 0 aliphatic heterocycles. The van der Waals surface area contributed by atoms with Crippen molar-refractivity contribution in [2.24, 2.45) is 0 Å². The van der Waals surface area contributed by atoms with Crippen LogP contribution in [0, 0.1) is 0 Å². The summed E-state index contributed by atoms with van der Waals surface area (Å²) in [4.78, 5) is 12.2. The highest BCUT2D eigenvalue weighted by Gasteiger charge is 2.12. The summed E-state index contributed by atoms with van der Waals surface area (Å²) in [6.07, 6.45) is 0.164. The van der Waals surface area contributed by atoms with Crippen molar-refractivity contribution < 1.29 is 13.7 Å². The summed E-state index contributed by atoms with van der Waals surface area (Å²) in [5.74, 6) is 1.33.